The number of ketones is 2. The number of benzene rings is 4. The number of hydrogen-bond acceptors (Lipinski definition) is 6. The first kappa shape index (κ1) is 32.5. The lowest BCUT2D eigenvalue weighted by atomic mass is 9.97. The van der Waals surface area contributed by atoms with Crippen LogP contribution in [0.1, 0.15) is 59.0 Å². The summed E-state index contributed by atoms with van der Waals surface area (Å²) >= 11 is 6.64. The average molecular weight is 674 g/mol. The van der Waals surface area contributed by atoms with E-state index >= 15 is 0 Å². The minimum absolute atomic E-state index is 0.00444. The smallest absolute Gasteiger partial charge is 0.316 e. The molecule has 4 aromatic carbocycles. The summed E-state index contributed by atoms with van der Waals surface area (Å²) in [6, 6.07) is 30.5. The van der Waals surface area contributed by atoms with Gasteiger partial charge in [-0.2, -0.15) is 0 Å². The van der Waals surface area contributed by atoms with Crippen molar-refractivity contribution in [1.82, 2.24) is 0 Å². The van der Waals surface area contributed by atoms with Crippen LogP contribution in [0.3, 0.4) is 0 Å². The van der Waals surface area contributed by atoms with Gasteiger partial charge in [-0.05, 0) is 112 Å². The topological polar surface area (TPSA) is 60.4 Å². The van der Waals surface area contributed by atoms with E-state index in [4.69, 9.17) is 4.74 Å². The van der Waals surface area contributed by atoms with Crippen molar-refractivity contribution in [3.63, 3.8) is 0 Å². The first-order valence-corrected chi connectivity index (χ1v) is 16.4. The zero-order valence-corrected chi connectivity index (χ0v) is 27.8. The molecule has 0 aliphatic heterocycles. The third-order valence-electron chi connectivity index (χ3n) is 6.52. The quantitative estimate of drug-likeness (QED) is 0.0519. The summed E-state index contributed by atoms with van der Waals surface area (Å²) in [5.41, 5.74) is 2.59. The maximum atomic E-state index is 13.5. The summed E-state index contributed by atoms with van der Waals surface area (Å²) < 4.78 is 6.44. The number of Topliss-reactive ketones (excluding diaryl/α,β-unsaturated/α-hetero) is 1. The van der Waals surface area contributed by atoms with E-state index in [2.05, 4.69) is 15.9 Å². The van der Waals surface area contributed by atoms with Gasteiger partial charge in [0.25, 0.3) is 0 Å². The molecule has 0 atom stereocenters. The Balaban J connectivity index is 1.43. The van der Waals surface area contributed by atoms with Gasteiger partial charge in [0.2, 0.25) is 0 Å². The van der Waals surface area contributed by atoms with Gasteiger partial charge in [-0.15, -0.1) is 11.8 Å². The zero-order chi connectivity index (χ0) is 31.0. The van der Waals surface area contributed by atoms with Crippen molar-refractivity contribution in [1.29, 1.82) is 0 Å². The Bertz CT molecular complexity index is 1620. The number of allylic oxidation sites excluding steroid dienone is 1. The second-order valence-corrected chi connectivity index (χ2v) is 14.2. The highest BCUT2D eigenvalue weighted by Crippen LogP contribution is 2.30. The maximum Gasteiger partial charge on any atom is 0.316 e. The molecule has 220 valence electrons. The lowest BCUT2D eigenvalue weighted by molar-refractivity contribution is -0.146. The molecule has 0 aromatic heterocycles. The van der Waals surface area contributed by atoms with Crippen LogP contribution in [0.4, 0.5) is 0 Å². The molecule has 4 aromatic rings. The summed E-state index contributed by atoms with van der Waals surface area (Å²) in [7, 11) is 0. The molecule has 0 aliphatic rings. The van der Waals surface area contributed by atoms with Crippen LogP contribution in [0.5, 0.6) is 0 Å². The molecule has 0 bridgehead atoms. The largest absolute Gasteiger partial charge is 0.434 e. The van der Waals surface area contributed by atoms with E-state index in [9.17, 15) is 14.4 Å². The minimum Gasteiger partial charge on any atom is -0.434 e. The van der Waals surface area contributed by atoms with E-state index in [1.807, 2.05) is 91.9 Å². The lowest BCUT2D eigenvalue weighted by Crippen LogP contribution is -2.21. The fourth-order valence-corrected chi connectivity index (χ4v) is 5.96. The number of esters is 1. The Labute approximate surface area is 270 Å². The van der Waals surface area contributed by atoms with Crippen molar-refractivity contribution >= 4 is 57.0 Å². The number of carbonyl (C=O) groups is 3. The summed E-state index contributed by atoms with van der Waals surface area (Å²) in [5, 5.41) is 0. The Morgan fingerprint density at radius 2 is 1.33 bits per heavy atom. The van der Waals surface area contributed by atoms with Crippen LogP contribution in [0.2, 0.25) is 0 Å². The molecule has 0 unspecified atom stereocenters. The van der Waals surface area contributed by atoms with Gasteiger partial charge in [0.1, 0.15) is 6.26 Å². The van der Waals surface area contributed by atoms with Crippen molar-refractivity contribution in [3.8, 4) is 0 Å². The molecule has 0 N–H and O–H groups in total. The van der Waals surface area contributed by atoms with E-state index in [0.717, 1.165) is 24.7 Å². The monoisotopic (exact) mass is 672 g/mol. The number of rotatable bonds is 11. The standard InChI is InChI=1S/C36H33BrO4S2/c1-24-7-5-6-8-32(24)34(39)26-11-17-31(18-12-26)43-30-15-9-25(10-16-30)33(38)27(23-41-35(40)36(2,3)4)21-22-42-29-19-13-28(37)14-20-29/h5-20,23H,21-22H2,1-4H3/b27-23+. The van der Waals surface area contributed by atoms with Gasteiger partial charge in [-0.3, -0.25) is 14.4 Å². The van der Waals surface area contributed by atoms with Crippen LogP contribution in [0.25, 0.3) is 0 Å². The number of thioether (sulfide) groups is 1. The third kappa shape index (κ3) is 9.30. The molecule has 0 amide bonds. The molecule has 0 saturated heterocycles. The van der Waals surface area contributed by atoms with Gasteiger partial charge in [0.05, 0.1) is 5.41 Å². The number of carbonyl (C=O) groups excluding carboxylic acids is 3. The Morgan fingerprint density at radius 1 is 0.767 bits per heavy atom. The molecule has 0 aliphatic carbocycles. The second-order valence-electron chi connectivity index (χ2n) is 11.0. The van der Waals surface area contributed by atoms with Crippen LogP contribution in [-0.2, 0) is 9.53 Å². The fourth-order valence-electron chi connectivity index (χ4n) is 3.99. The first-order chi connectivity index (χ1) is 20.5. The van der Waals surface area contributed by atoms with Gasteiger partial charge < -0.3 is 4.74 Å². The number of ether oxygens (including phenoxy) is 1. The highest BCUT2D eigenvalue weighted by molar-refractivity contribution is 9.10. The molecule has 0 spiro atoms. The predicted octanol–water partition coefficient (Wildman–Crippen LogP) is 9.98. The van der Waals surface area contributed by atoms with E-state index in [1.165, 1.54) is 6.26 Å². The van der Waals surface area contributed by atoms with E-state index in [0.29, 0.717) is 34.4 Å². The molecule has 0 fully saturated rings. The molecule has 0 saturated carbocycles. The third-order valence-corrected chi connectivity index (χ3v) is 9.08. The van der Waals surface area contributed by atoms with Crippen molar-refractivity contribution in [2.45, 2.75) is 48.8 Å². The summed E-state index contributed by atoms with van der Waals surface area (Å²) in [6.07, 6.45) is 1.77. The normalized spacial score (nSPS) is 11.7. The molecular formula is C36H33BrO4S2. The van der Waals surface area contributed by atoms with Crippen molar-refractivity contribution in [2.24, 2.45) is 5.41 Å². The second kappa shape index (κ2) is 14.9. The van der Waals surface area contributed by atoms with Gasteiger partial charge in [0, 0.05) is 47.2 Å². The van der Waals surface area contributed by atoms with Crippen molar-refractivity contribution in [2.75, 3.05) is 5.75 Å². The molecule has 0 radical (unpaired) electrons. The number of aryl methyl sites for hydroxylation is 1. The lowest BCUT2D eigenvalue weighted by Gasteiger charge is -2.15. The highest BCUT2D eigenvalue weighted by atomic mass is 79.9. The Kier molecular flexibility index (Phi) is 11.2. The summed E-state index contributed by atoms with van der Waals surface area (Å²) in [6.45, 7) is 7.27. The SMILES string of the molecule is Cc1ccccc1C(=O)c1ccc(Sc2ccc(C(=O)/C(=C/OC(=O)C(C)(C)C)CCSc3ccc(Br)cc3)cc2)cc1. The molecule has 7 heteroatoms. The van der Waals surface area contributed by atoms with Gasteiger partial charge in [-0.1, -0.05) is 52.0 Å². The summed E-state index contributed by atoms with van der Waals surface area (Å²) in [5.74, 6) is 0.0954. The van der Waals surface area contributed by atoms with Crippen LogP contribution in [0.15, 0.2) is 128 Å². The van der Waals surface area contributed by atoms with E-state index in [1.54, 1.807) is 56.4 Å². The fraction of sp³-hybridized carbons (Fsp3) is 0.194. The molecule has 4 rings (SSSR count). The molecular weight excluding hydrogens is 640 g/mol. The summed E-state index contributed by atoms with van der Waals surface area (Å²) in [4.78, 5) is 41.8. The van der Waals surface area contributed by atoms with Crippen molar-refractivity contribution in [3.05, 3.63) is 136 Å². The predicted molar refractivity (Wildman–Crippen MR) is 179 cm³/mol. The van der Waals surface area contributed by atoms with Crippen LogP contribution >= 0.6 is 39.5 Å². The zero-order valence-electron chi connectivity index (χ0n) is 24.6. The average Bonchev–Trinajstić information content (AvgIpc) is 2.99. The van der Waals surface area contributed by atoms with Crippen LogP contribution in [-0.4, -0.2) is 23.3 Å². The Morgan fingerprint density at radius 3 is 1.91 bits per heavy atom. The van der Waals surface area contributed by atoms with Gasteiger partial charge in [-0.25, -0.2) is 0 Å². The maximum absolute atomic E-state index is 13.5. The van der Waals surface area contributed by atoms with Crippen molar-refractivity contribution < 1.29 is 19.1 Å². The van der Waals surface area contributed by atoms with E-state index in [-0.39, 0.29) is 11.6 Å². The minimum atomic E-state index is -0.679. The number of hydrogen-bond donors (Lipinski definition) is 0. The molecule has 4 nitrogen and oxygen atoms in total. The van der Waals surface area contributed by atoms with Crippen LogP contribution in [0, 0.1) is 12.3 Å². The Hall–Kier alpha value is -3.39. The molecule has 43 heavy (non-hydrogen) atoms. The van der Waals surface area contributed by atoms with Crippen LogP contribution < -0.4 is 0 Å². The molecule has 0 heterocycles. The van der Waals surface area contributed by atoms with E-state index < -0.39 is 11.4 Å². The first-order valence-electron chi connectivity index (χ1n) is 13.8. The van der Waals surface area contributed by atoms with Gasteiger partial charge >= 0.3 is 5.97 Å². The number of halogens is 1. The van der Waals surface area contributed by atoms with Gasteiger partial charge in [0.15, 0.2) is 11.6 Å². The highest BCUT2D eigenvalue weighted by Gasteiger charge is 2.23.